The SMILES string of the molecule is Cc1nccc(O[C@@H]2CCCN(S(=O)(=O)c3ccccc3)C2)n1. The maximum atomic E-state index is 12.7. The van der Waals surface area contributed by atoms with Crippen molar-refractivity contribution in [1.82, 2.24) is 14.3 Å². The summed E-state index contributed by atoms with van der Waals surface area (Å²) < 4.78 is 32.7. The van der Waals surface area contributed by atoms with E-state index in [0.29, 0.717) is 29.7 Å². The van der Waals surface area contributed by atoms with E-state index in [4.69, 9.17) is 4.74 Å². The summed E-state index contributed by atoms with van der Waals surface area (Å²) in [6.45, 7) is 2.64. The molecule has 0 amide bonds. The molecule has 122 valence electrons. The van der Waals surface area contributed by atoms with Crippen molar-refractivity contribution in [2.75, 3.05) is 13.1 Å². The number of benzene rings is 1. The normalized spacial score (nSPS) is 19.4. The van der Waals surface area contributed by atoms with Gasteiger partial charge < -0.3 is 4.74 Å². The van der Waals surface area contributed by atoms with Crippen molar-refractivity contribution >= 4 is 10.0 Å². The van der Waals surface area contributed by atoms with Crippen molar-refractivity contribution in [2.24, 2.45) is 0 Å². The van der Waals surface area contributed by atoms with E-state index in [1.165, 1.54) is 4.31 Å². The summed E-state index contributed by atoms with van der Waals surface area (Å²) >= 11 is 0. The number of aryl methyl sites for hydroxylation is 1. The molecule has 0 aliphatic carbocycles. The van der Waals surface area contributed by atoms with Crippen LogP contribution >= 0.6 is 0 Å². The zero-order valence-corrected chi connectivity index (χ0v) is 13.7. The molecule has 0 spiro atoms. The zero-order chi connectivity index (χ0) is 16.3. The van der Waals surface area contributed by atoms with Gasteiger partial charge in [-0.3, -0.25) is 0 Å². The van der Waals surface area contributed by atoms with Gasteiger partial charge in [0.05, 0.1) is 11.4 Å². The first-order valence-corrected chi connectivity index (χ1v) is 9.01. The highest BCUT2D eigenvalue weighted by molar-refractivity contribution is 7.89. The largest absolute Gasteiger partial charge is 0.473 e. The molecule has 1 fully saturated rings. The molecule has 0 N–H and O–H groups in total. The van der Waals surface area contributed by atoms with Crippen LogP contribution in [0.4, 0.5) is 0 Å². The Bertz CT molecular complexity index is 765. The number of ether oxygens (including phenoxy) is 1. The molecule has 0 unspecified atom stereocenters. The Hall–Kier alpha value is -1.99. The van der Waals surface area contributed by atoms with Crippen molar-refractivity contribution in [1.29, 1.82) is 0 Å². The molecule has 1 atom stereocenters. The van der Waals surface area contributed by atoms with Crippen LogP contribution in [0.3, 0.4) is 0 Å². The van der Waals surface area contributed by atoms with Crippen LogP contribution < -0.4 is 4.74 Å². The summed E-state index contributed by atoms with van der Waals surface area (Å²) in [6, 6.07) is 10.2. The van der Waals surface area contributed by atoms with Gasteiger partial charge in [0.1, 0.15) is 11.9 Å². The van der Waals surface area contributed by atoms with E-state index in [2.05, 4.69) is 9.97 Å². The first kappa shape index (κ1) is 15.9. The average molecular weight is 333 g/mol. The van der Waals surface area contributed by atoms with E-state index in [-0.39, 0.29) is 6.10 Å². The highest BCUT2D eigenvalue weighted by Gasteiger charge is 2.31. The summed E-state index contributed by atoms with van der Waals surface area (Å²) in [4.78, 5) is 8.56. The second kappa shape index (κ2) is 6.64. The predicted molar refractivity (Wildman–Crippen MR) is 85.6 cm³/mol. The van der Waals surface area contributed by atoms with E-state index in [1.54, 1.807) is 49.5 Å². The number of piperidine rings is 1. The number of sulfonamides is 1. The monoisotopic (exact) mass is 333 g/mol. The first-order valence-electron chi connectivity index (χ1n) is 7.57. The molecule has 0 radical (unpaired) electrons. The number of hydrogen-bond acceptors (Lipinski definition) is 5. The zero-order valence-electron chi connectivity index (χ0n) is 12.9. The molecule has 1 aliphatic rings. The third-order valence-electron chi connectivity index (χ3n) is 3.76. The van der Waals surface area contributed by atoms with Gasteiger partial charge in [-0.2, -0.15) is 9.29 Å². The molecular weight excluding hydrogens is 314 g/mol. The van der Waals surface area contributed by atoms with Gasteiger partial charge in [0.25, 0.3) is 0 Å². The van der Waals surface area contributed by atoms with Crippen molar-refractivity contribution in [3.8, 4) is 5.88 Å². The van der Waals surface area contributed by atoms with Gasteiger partial charge in [0.2, 0.25) is 15.9 Å². The van der Waals surface area contributed by atoms with E-state index in [0.717, 1.165) is 12.8 Å². The highest BCUT2D eigenvalue weighted by Crippen LogP contribution is 2.22. The lowest BCUT2D eigenvalue weighted by atomic mass is 10.1. The molecule has 2 heterocycles. The lowest BCUT2D eigenvalue weighted by Gasteiger charge is -2.31. The second-order valence-corrected chi connectivity index (χ2v) is 7.44. The van der Waals surface area contributed by atoms with Crippen molar-refractivity contribution in [2.45, 2.75) is 30.8 Å². The molecule has 6 nitrogen and oxygen atoms in total. The summed E-state index contributed by atoms with van der Waals surface area (Å²) in [5.41, 5.74) is 0. The van der Waals surface area contributed by atoms with Crippen LogP contribution in [0, 0.1) is 6.92 Å². The lowest BCUT2D eigenvalue weighted by Crippen LogP contribution is -2.44. The van der Waals surface area contributed by atoms with E-state index in [1.807, 2.05) is 0 Å². The van der Waals surface area contributed by atoms with Gasteiger partial charge in [-0.25, -0.2) is 13.4 Å². The van der Waals surface area contributed by atoms with Crippen LogP contribution in [-0.4, -0.2) is 41.9 Å². The van der Waals surface area contributed by atoms with Crippen LogP contribution in [0.5, 0.6) is 5.88 Å². The Kier molecular flexibility index (Phi) is 4.58. The maximum Gasteiger partial charge on any atom is 0.243 e. The van der Waals surface area contributed by atoms with Crippen LogP contribution in [0.25, 0.3) is 0 Å². The van der Waals surface area contributed by atoms with Crippen molar-refractivity contribution < 1.29 is 13.2 Å². The van der Waals surface area contributed by atoms with E-state index >= 15 is 0 Å². The molecule has 1 saturated heterocycles. The number of nitrogens with zero attached hydrogens (tertiary/aromatic N) is 3. The summed E-state index contributed by atoms with van der Waals surface area (Å²) in [5, 5.41) is 0. The minimum absolute atomic E-state index is 0.198. The lowest BCUT2D eigenvalue weighted by molar-refractivity contribution is 0.124. The summed E-state index contributed by atoms with van der Waals surface area (Å²) in [6.07, 6.45) is 3.01. The Morgan fingerprint density at radius 1 is 1.22 bits per heavy atom. The van der Waals surface area contributed by atoms with Crippen LogP contribution in [0.1, 0.15) is 18.7 Å². The van der Waals surface area contributed by atoms with Crippen LogP contribution in [0.2, 0.25) is 0 Å². The van der Waals surface area contributed by atoms with E-state index in [9.17, 15) is 8.42 Å². The fourth-order valence-corrected chi connectivity index (χ4v) is 4.16. The Labute approximate surface area is 136 Å². The summed E-state index contributed by atoms with van der Waals surface area (Å²) in [7, 11) is -3.47. The van der Waals surface area contributed by atoms with Gasteiger partial charge in [-0.05, 0) is 31.9 Å². The van der Waals surface area contributed by atoms with Gasteiger partial charge in [-0.1, -0.05) is 18.2 Å². The highest BCUT2D eigenvalue weighted by atomic mass is 32.2. The fraction of sp³-hybridized carbons (Fsp3) is 0.375. The third-order valence-corrected chi connectivity index (χ3v) is 5.64. The molecule has 23 heavy (non-hydrogen) atoms. The van der Waals surface area contributed by atoms with Gasteiger partial charge in [0, 0.05) is 18.8 Å². The number of aromatic nitrogens is 2. The Balaban J connectivity index is 1.73. The van der Waals surface area contributed by atoms with Gasteiger partial charge in [-0.15, -0.1) is 0 Å². The van der Waals surface area contributed by atoms with Crippen LogP contribution in [-0.2, 0) is 10.0 Å². The molecular formula is C16H19N3O3S. The quantitative estimate of drug-likeness (QED) is 0.856. The Morgan fingerprint density at radius 2 is 2.00 bits per heavy atom. The van der Waals surface area contributed by atoms with Crippen LogP contribution in [0.15, 0.2) is 47.5 Å². The molecule has 1 aromatic carbocycles. The summed E-state index contributed by atoms with van der Waals surface area (Å²) in [5.74, 6) is 1.12. The van der Waals surface area contributed by atoms with Gasteiger partial charge in [0.15, 0.2) is 0 Å². The predicted octanol–water partition coefficient (Wildman–Crippen LogP) is 2.02. The smallest absolute Gasteiger partial charge is 0.243 e. The molecule has 0 saturated carbocycles. The second-order valence-electron chi connectivity index (χ2n) is 5.50. The molecule has 3 rings (SSSR count). The molecule has 0 bridgehead atoms. The Morgan fingerprint density at radius 3 is 2.74 bits per heavy atom. The third kappa shape index (κ3) is 3.68. The fourth-order valence-electron chi connectivity index (χ4n) is 2.63. The van der Waals surface area contributed by atoms with Gasteiger partial charge >= 0.3 is 0 Å². The molecule has 1 aromatic heterocycles. The topological polar surface area (TPSA) is 72.4 Å². The standard InChI is InChI=1S/C16H19N3O3S/c1-13-17-10-9-16(18-13)22-14-6-5-11-19(12-14)23(20,21)15-7-3-2-4-8-15/h2-4,7-10,14H,5-6,11-12H2,1H3/t14-/m1/s1. The van der Waals surface area contributed by atoms with Crippen molar-refractivity contribution in [3.63, 3.8) is 0 Å². The first-order chi connectivity index (χ1) is 11.1. The number of hydrogen-bond donors (Lipinski definition) is 0. The average Bonchev–Trinajstić information content (AvgIpc) is 2.56. The minimum Gasteiger partial charge on any atom is -0.473 e. The minimum atomic E-state index is -3.47. The molecule has 7 heteroatoms. The van der Waals surface area contributed by atoms with Crippen molar-refractivity contribution in [3.05, 3.63) is 48.4 Å². The number of rotatable bonds is 4. The van der Waals surface area contributed by atoms with E-state index < -0.39 is 10.0 Å². The maximum absolute atomic E-state index is 12.7. The molecule has 1 aliphatic heterocycles. The molecule has 2 aromatic rings.